The summed E-state index contributed by atoms with van der Waals surface area (Å²) < 4.78 is 3.05. The van der Waals surface area contributed by atoms with E-state index in [9.17, 15) is 14.4 Å². The Labute approximate surface area is 321 Å². The Bertz CT molecular complexity index is 2190. The highest BCUT2D eigenvalue weighted by Gasteiger charge is 2.32. The Morgan fingerprint density at radius 2 is 1.75 bits per heavy atom. The predicted molar refractivity (Wildman–Crippen MR) is 212 cm³/mol. The van der Waals surface area contributed by atoms with Crippen molar-refractivity contribution in [3.8, 4) is 5.00 Å². The molecule has 5 aromatic rings. The van der Waals surface area contributed by atoms with Crippen molar-refractivity contribution in [2.45, 2.75) is 78.2 Å². The van der Waals surface area contributed by atoms with E-state index >= 15 is 0 Å². The lowest BCUT2D eigenvalue weighted by atomic mass is 9.99. The van der Waals surface area contributed by atoms with Crippen LogP contribution in [-0.4, -0.2) is 62.9 Å². The summed E-state index contributed by atoms with van der Waals surface area (Å²) in [5.74, 6) is 1.14. The highest BCUT2D eigenvalue weighted by molar-refractivity contribution is 7.22. The number of unbranched alkanes of at least 4 members (excludes halogenated alkanes) is 4. The molecule has 0 bridgehead atoms. The largest absolute Gasteiger partial charge is 0.385 e. The minimum atomic E-state index is -0.486. The maximum atomic E-state index is 13.3. The van der Waals surface area contributed by atoms with Crippen molar-refractivity contribution in [2.75, 3.05) is 29.9 Å². The van der Waals surface area contributed by atoms with E-state index in [1.165, 1.54) is 16.2 Å². The number of fused-ring (bicyclic) bond motifs is 4. The van der Waals surface area contributed by atoms with Crippen LogP contribution in [0.15, 0.2) is 47.5 Å². The van der Waals surface area contributed by atoms with Gasteiger partial charge in [0.05, 0.1) is 22.3 Å². The quantitative estimate of drug-likeness (QED) is 0.104. The van der Waals surface area contributed by atoms with E-state index in [4.69, 9.17) is 16.6 Å². The minimum absolute atomic E-state index is 0.0569. The molecule has 0 spiro atoms. The monoisotopic (exact) mass is 771 g/mol. The van der Waals surface area contributed by atoms with Crippen LogP contribution in [0, 0.1) is 20.8 Å². The van der Waals surface area contributed by atoms with Gasteiger partial charge >= 0.3 is 6.03 Å². The standard InChI is InChI=1S/C38H42ClN9O3S2/c1-22-23(2)52-36-33(22)34(25-11-13-26(39)14-12-25)42-29(35-46-45-24(3)48(35)36)21-32(50)41-18-8-6-4-5-7-17-40-27-15-16-28-30(20-27)53-38(43-28)47-19-9-10-31(49)44-37(47)51/h11-16,20,29,40H,4-10,17-19,21H2,1-3H3,(H,41,50)(H,44,49,51)/t29-/m0/s1. The van der Waals surface area contributed by atoms with Crippen LogP contribution in [0.4, 0.5) is 15.6 Å². The number of urea groups is 1. The van der Waals surface area contributed by atoms with Gasteiger partial charge in [-0.05, 0) is 75.9 Å². The van der Waals surface area contributed by atoms with E-state index in [2.05, 4.69) is 55.6 Å². The third kappa shape index (κ3) is 8.14. The van der Waals surface area contributed by atoms with E-state index in [1.807, 2.05) is 43.3 Å². The van der Waals surface area contributed by atoms with E-state index in [0.29, 0.717) is 41.9 Å². The van der Waals surface area contributed by atoms with Gasteiger partial charge in [0.2, 0.25) is 11.8 Å². The minimum Gasteiger partial charge on any atom is -0.385 e. The van der Waals surface area contributed by atoms with Gasteiger partial charge in [-0.1, -0.05) is 54.3 Å². The SMILES string of the molecule is Cc1sc2c(c1C)C(c1ccc(Cl)cc1)=N[C@@H](CC(=O)NCCCCCCCNc1ccc3nc(N4CCCC(=O)NC4=O)sc3c1)c1nnc(C)n1-2. The summed E-state index contributed by atoms with van der Waals surface area (Å²) in [5.41, 5.74) is 5.84. The number of aromatic nitrogens is 4. The third-order valence-electron chi connectivity index (χ3n) is 9.63. The smallest absolute Gasteiger partial charge is 0.330 e. The average molecular weight is 772 g/mol. The number of hydrogen-bond acceptors (Lipinski definition) is 10. The molecule has 15 heteroatoms. The molecule has 1 saturated heterocycles. The molecule has 7 rings (SSSR count). The molecule has 1 atom stereocenters. The first-order chi connectivity index (χ1) is 25.7. The van der Waals surface area contributed by atoms with Crippen LogP contribution in [0.5, 0.6) is 0 Å². The van der Waals surface area contributed by atoms with Gasteiger partial charge in [-0.2, -0.15) is 0 Å². The topological polar surface area (TPSA) is 146 Å². The zero-order valence-electron chi connectivity index (χ0n) is 30.0. The number of halogens is 1. The van der Waals surface area contributed by atoms with Gasteiger partial charge in [-0.25, -0.2) is 9.78 Å². The molecule has 0 aliphatic carbocycles. The maximum absolute atomic E-state index is 13.3. The number of hydrogen-bond donors (Lipinski definition) is 3. The molecule has 4 amide bonds. The molecule has 3 N–H and O–H groups in total. The van der Waals surface area contributed by atoms with Crippen LogP contribution >= 0.6 is 34.3 Å². The average Bonchev–Trinajstić information content (AvgIpc) is 3.75. The Morgan fingerprint density at radius 1 is 0.981 bits per heavy atom. The highest BCUT2D eigenvalue weighted by atomic mass is 35.5. The Kier molecular flexibility index (Phi) is 11.2. The number of amides is 4. The van der Waals surface area contributed by atoms with Gasteiger partial charge in [-0.15, -0.1) is 21.5 Å². The van der Waals surface area contributed by atoms with E-state index in [0.717, 1.165) is 87.8 Å². The van der Waals surface area contributed by atoms with Crippen molar-refractivity contribution in [1.29, 1.82) is 0 Å². The summed E-state index contributed by atoms with van der Waals surface area (Å²) >= 11 is 9.38. The number of anilines is 2. The molecule has 3 aromatic heterocycles. The fourth-order valence-corrected chi connectivity index (χ4v) is 9.06. The first-order valence-corrected chi connectivity index (χ1v) is 20.1. The number of thiophene rings is 1. The summed E-state index contributed by atoms with van der Waals surface area (Å²) in [6, 6.07) is 12.8. The van der Waals surface area contributed by atoms with Gasteiger partial charge in [0.25, 0.3) is 0 Å². The number of carbonyl (C=O) groups excluding carboxylic acids is 3. The van der Waals surface area contributed by atoms with Crippen LogP contribution in [0.2, 0.25) is 5.02 Å². The van der Waals surface area contributed by atoms with E-state index < -0.39 is 12.1 Å². The molecule has 0 saturated carbocycles. The lowest BCUT2D eigenvalue weighted by Gasteiger charge is -2.15. The molecule has 2 aliphatic rings. The summed E-state index contributed by atoms with van der Waals surface area (Å²) in [6.07, 6.45) is 6.25. The second kappa shape index (κ2) is 16.1. The molecule has 0 radical (unpaired) electrons. The number of benzene rings is 2. The number of nitrogens with zero attached hydrogens (tertiary/aromatic N) is 6. The summed E-state index contributed by atoms with van der Waals surface area (Å²) in [5, 5.41) is 20.2. The van der Waals surface area contributed by atoms with Crippen molar-refractivity contribution in [3.05, 3.63) is 80.7 Å². The van der Waals surface area contributed by atoms with Crippen molar-refractivity contribution in [1.82, 2.24) is 30.4 Å². The van der Waals surface area contributed by atoms with Crippen molar-refractivity contribution >= 4 is 78.9 Å². The number of rotatable bonds is 13. The first-order valence-electron chi connectivity index (χ1n) is 18.0. The molecule has 53 heavy (non-hydrogen) atoms. The number of carbonyl (C=O) groups is 3. The summed E-state index contributed by atoms with van der Waals surface area (Å²) in [7, 11) is 0. The second-order valence-electron chi connectivity index (χ2n) is 13.4. The predicted octanol–water partition coefficient (Wildman–Crippen LogP) is 7.81. The van der Waals surface area contributed by atoms with Crippen molar-refractivity contribution in [2.24, 2.45) is 4.99 Å². The zero-order chi connectivity index (χ0) is 37.1. The number of nitrogens with one attached hydrogen (secondary N) is 3. The molecule has 276 valence electrons. The van der Waals surface area contributed by atoms with Gasteiger partial charge in [0.15, 0.2) is 11.0 Å². The van der Waals surface area contributed by atoms with E-state index in [-0.39, 0.29) is 18.2 Å². The van der Waals surface area contributed by atoms with Crippen LogP contribution in [0.25, 0.3) is 15.2 Å². The Morgan fingerprint density at radius 3 is 2.57 bits per heavy atom. The zero-order valence-corrected chi connectivity index (χ0v) is 32.4. The van der Waals surface area contributed by atoms with Crippen LogP contribution < -0.4 is 20.9 Å². The molecular weight excluding hydrogens is 730 g/mol. The molecule has 5 heterocycles. The number of aliphatic imine (C=N–C) groups is 1. The van der Waals surface area contributed by atoms with E-state index in [1.54, 1.807) is 16.2 Å². The molecule has 12 nitrogen and oxygen atoms in total. The van der Waals surface area contributed by atoms with Crippen LogP contribution in [0.3, 0.4) is 0 Å². The summed E-state index contributed by atoms with van der Waals surface area (Å²) in [6.45, 7) is 8.10. The Balaban J connectivity index is 0.871. The van der Waals surface area contributed by atoms with Crippen LogP contribution in [-0.2, 0) is 9.59 Å². The fourth-order valence-electron chi connectivity index (χ4n) is 6.69. The number of thiazole rings is 1. The number of imide groups is 1. The third-order valence-corrected chi connectivity index (χ3v) is 12.1. The van der Waals surface area contributed by atoms with Crippen molar-refractivity contribution < 1.29 is 14.4 Å². The fraction of sp³-hybridized carbons (Fsp3) is 0.395. The van der Waals surface area contributed by atoms with Gasteiger partial charge in [-0.3, -0.25) is 29.4 Å². The molecule has 0 unspecified atom stereocenters. The summed E-state index contributed by atoms with van der Waals surface area (Å²) in [4.78, 5) is 50.0. The first kappa shape index (κ1) is 36.7. The van der Waals surface area contributed by atoms with Crippen LogP contribution in [0.1, 0.15) is 90.6 Å². The van der Waals surface area contributed by atoms with Gasteiger partial charge < -0.3 is 10.6 Å². The van der Waals surface area contributed by atoms with Gasteiger partial charge in [0, 0.05) is 52.8 Å². The molecule has 2 aromatic carbocycles. The van der Waals surface area contributed by atoms with Crippen molar-refractivity contribution in [3.63, 3.8) is 0 Å². The highest BCUT2D eigenvalue weighted by Crippen LogP contribution is 2.39. The lowest BCUT2D eigenvalue weighted by Crippen LogP contribution is -2.40. The lowest BCUT2D eigenvalue weighted by molar-refractivity contribution is -0.121. The Hall–Kier alpha value is -4.66. The molecule has 1 fully saturated rings. The number of aryl methyl sites for hydroxylation is 2. The van der Waals surface area contributed by atoms with Gasteiger partial charge in [0.1, 0.15) is 16.9 Å². The second-order valence-corrected chi connectivity index (χ2v) is 16.1. The normalized spacial score (nSPS) is 15.7. The maximum Gasteiger partial charge on any atom is 0.330 e. The molecule has 2 aliphatic heterocycles. The molecular formula is C38H42ClN9O3S2.